The second-order valence-corrected chi connectivity index (χ2v) is 4.46. The van der Waals surface area contributed by atoms with Gasteiger partial charge in [-0.25, -0.2) is 4.98 Å². The van der Waals surface area contributed by atoms with Crippen LogP contribution in [0.2, 0.25) is 0 Å². The van der Waals surface area contributed by atoms with Crippen molar-refractivity contribution in [2.45, 2.75) is 0 Å². The lowest BCUT2D eigenvalue weighted by molar-refractivity contribution is -0.641. The van der Waals surface area contributed by atoms with Crippen LogP contribution in [0, 0.1) is 5.21 Å². The van der Waals surface area contributed by atoms with E-state index in [1.807, 2.05) is 0 Å². The summed E-state index contributed by atoms with van der Waals surface area (Å²) in [6.45, 7) is 0.811. The number of anilines is 2. The van der Waals surface area contributed by atoms with Crippen molar-refractivity contribution in [3.05, 3.63) is 47.9 Å². The highest BCUT2D eigenvalue weighted by Gasteiger charge is 2.12. The third-order valence-corrected chi connectivity index (χ3v) is 2.87. The summed E-state index contributed by atoms with van der Waals surface area (Å²) < 4.78 is 5.43. The number of nitrogens with one attached hydrogen (secondary N) is 1. The van der Waals surface area contributed by atoms with E-state index in [1.54, 1.807) is 42.7 Å². The lowest BCUT2D eigenvalue weighted by Gasteiger charge is -2.07. The molecule has 0 aliphatic rings. The van der Waals surface area contributed by atoms with E-state index >= 15 is 0 Å². The third-order valence-electron chi connectivity index (χ3n) is 2.87. The summed E-state index contributed by atoms with van der Waals surface area (Å²) in [5.74, 6) is 0.787. The van der Waals surface area contributed by atoms with Crippen molar-refractivity contribution in [1.82, 2.24) is 15.1 Å². The standard InChI is InChI=1S/C14H14N6O2/c15-5-7-22-11-3-4-13-12(8-11)18-14(19-20(13)21)17-10-2-1-6-16-9-10/h1-4,6,8-9H,5,7,15H2,(H,17,18,19). The smallest absolute Gasteiger partial charge is 0.295 e. The minimum absolute atomic E-state index is 0.187. The highest BCUT2D eigenvalue weighted by atomic mass is 16.5. The molecule has 0 bridgehead atoms. The first-order valence-electron chi connectivity index (χ1n) is 6.68. The van der Waals surface area contributed by atoms with Gasteiger partial charge in [-0.15, -0.1) is 0 Å². The molecule has 2 aromatic heterocycles. The van der Waals surface area contributed by atoms with Gasteiger partial charge in [0.05, 0.1) is 17.0 Å². The van der Waals surface area contributed by atoms with E-state index in [4.69, 9.17) is 10.5 Å². The van der Waals surface area contributed by atoms with Gasteiger partial charge in [-0.1, -0.05) is 0 Å². The molecule has 3 rings (SSSR count). The lowest BCUT2D eigenvalue weighted by Crippen LogP contribution is -2.33. The zero-order chi connectivity index (χ0) is 15.4. The number of nitrogens with zero attached hydrogens (tertiary/aromatic N) is 4. The Morgan fingerprint density at radius 3 is 3.00 bits per heavy atom. The topological polar surface area (TPSA) is 113 Å². The molecule has 3 N–H and O–H groups in total. The van der Waals surface area contributed by atoms with Crippen LogP contribution >= 0.6 is 0 Å². The monoisotopic (exact) mass is 298 g/mol. The molecule has 0 unspecified atom stereocenters. The minimum atomic E-state index is 0.187. The van der Waals surface area contributed by atoms with Crippen LogP contribution in [0.15, 0.2) is 42.7 Å². The molecule has 0 amide bonds. The van der Waals surface area contributed by atoms with Crippen LogP contribution in [0.25, 0.3) is 11.0 Å². The molecule has 0 aliphatic carbocycles. The second-order valence-electron chi connectivity index (χ2n) is 4.46. The van der Waals surface area contributed by atoms with Crippen molar-refractivity contribution in [3.63, 3.8) is 0 Å². The highest BCUT2D eigenvalue weighted by molar-refractivity contribution is 5.74. The maximum Gasteiger partial charge on any atom is 0.295 e. The summed E-state index contributed by atoms with van der Waals surface area (Å²) >= 11 is 0. The molecule has 8 heteroatoms. The number of pyridine rings is 1. The fourth-order valence-electron chi connectivity index (χ4n) is 1.92. The molecule has 112 valence electrons. The molecule has 0 aliphatic heterocycles. The molecule has 0 atom stereocenters. The minimum Gasteiger partial charge on any atom is -0.594 e. The molecule has 0 saturated heterocycles. The molecule has 0 fully saturated rings. The van der Waals surface area contributed by atoms with Gasteiger partial charge in [0.2, 0.25) is 0 Å². The number of rotatable bonds is 5. The maximum atomic E-state index is 12.0. The van der Waals surface area contributed by atoms with E-state index in [2.05, 4.69) is 20.4 Å². The predicted octanol–water partition coefficient (Wildman–Crippen LogP) is 0.739. The van der Waals surface area contributed by atoms with Gasteiger partial charge in [0.15, 0.2) is 0 Å². The zero-order valence-electron chi connectivity index (χ0n) is 11.6. The Bertz CT molecular complexity index is 781. The predicted molar refractivity (Wildman–Crippen MR) is 80.6 cm³/mol. The zero-order valence-corrected chi connectivity index (χ0v) is 11.6. The molecule has 8 nitrogen and oxygen atoms in total. The number of hydrogen-bond donors (Lipinski definition) is 2. The summed E-state index contributed by atoms with van der Waals surface area (Å²) in [7, 11) is 0. The van der Waals surface area contributed by atoms with Gasteiger partial charge in [0.1, 0.15) is 17.9 Å². The maximum absolute atomic E-state index is 12.0. The van der Waals surface area contributed by atoms with Gasteiger partial charge in [0.25, 0.3) is 11.5 Å². The summed E-state index contributed by atoms with van der Waals surface area (Å²) in [5, 5.41) is 18.7. The number of aromatic nitrogens is 4. The third kappa shape index (κ3) is 3.01. The van der Waals surface area contributed by atoms with E-state index in [1.165, 1.54) is 0 Å². The number of fused-ring (bicyclic) bond motifs is 1. The SMILES string of the molecule is NCCOc1ccc2c(c1)nc(Nc1cccnc1)n[n+]2[O-]. The first-order chi connectivity index (χ1) is 10.8. The number of benzene rings is 1. The molecular formula is C14H14N6O2. The average Bonchev–Trinajstić information content (AvgIpc) is 2.53. The lowest BCUT2D eigenvalue weighted by atomic mass is 10.3. The van der Waals surface area contributed by atoms with Crippen LogP contribution in [0.3, 0.4) is 0 Å². The second kappa shape index (κ2) is 6.19. The average molecular weight is 298 g/mol. The van der Waals surface area contributed by atoms with Crippen molar-refractivity contribution < 1.29 is 9.58 Å². The van der Waals surface area contributed by atoms with E-state index < -0.39 is 0 Å². The van der Waals surface area contributed by atoms with Gasteiger partial charge in [-0.2, -0.15) is 0 Å². The Kier molecular flexibility index (Phi) is 3.92. The van der Waals surface area contributed by atoms with Crippen molar-refractivity contribution in [1.29, 1.82) is 0 Å². The van der Waals surface area contributed by atoms with Gasteiger partial charge in [-0.05, 0) is 23.0 Å². The van der Waals surface area contributed by atoms with Gasteiger partial charge < -0.3 is 21.0 Å². The fraction of sp³-hybridized carbons (Fsp3) is 0.143. The molecule has 0 saturated carbocycles. The summed E-state index contributed by atoms with van der Waals surface area (Å²) in [5.41, 5.74) is 6.93. The largest absolute Gasteiger partial charge is 0.594 e. The van der Waals surface area contributed by atoms with E-state index in [0.717, 1.165) is 0 Å². The van der Waals surface area contributed by atoms with Crippen molar-refractivity contribution in [2.24, 2.45) is 5.73 Å². The summed E-state index contributed by atoms with van der Waals surface area (Å²) in [4.78, 5) is 8.82. The Balaban J connectivity index is 1.94. The fourth-order valence-corrected chi connectivity index (χ4v) is 1.92. The van der Waals surface area contributed by atoms with Crippen LogP contribution in [0.4, 0.5) is 11.6 Å². The first kappa shape index (κ1) is 14.0. The molecule has 3 aromatic rings. The molecular weight excluding hydrogens is 284 g/mol. The van der Waals surface area contributed by atoms with Gasteiger partial charge in [-0.3, -0.25) is 4.98 Å². The highest BCUT2D eigenvalue weighted by Crippen LogP contribution is 2.18. The quantitative estimate of drug-likeness (QED) is 0.527. The van der Waals surface area contributed by atoms with Crippen LogP contribution in [0.5, 0.6) is 5.75 Å². The van der Waals surface area contributed by atoms with Gasteiger partial charge in [0, 0.05) is 24.9 Å². The molecule has 1 aromatic carbocycles. The number of ether oxygens (including phenoxy) is 1. The summed E-state index contributed by atoms with van der Waals surface area (Å²) in [6, 6.07) is 8.55. The van der Waals surface area contributed by atoms with E-state index in [-0.39, 0.29) is 5.95 Å². The Morgan fingerprint density at radius 1 is 1.32 bits per heavy atom. The normalized spacial score (nSPS) is 10.6. The van der Waals surface area contributed by atoms with Gasteiger partial charge >= 0.3 is 0 Å². The molecule has 0 spiro atoms. The van der Waals surface area contributed by atoms with Crippen LogP contribution in [0.1, 0.15) is 0 Å². The number of hydrogen-bond acceptors (Lipinski definition) is 7. The molecule has 2 heterocycles. The Morgan fingerprint density at radius 2 is 2.23 bits per heavy atom. The van der Waals surface area contributed by atoms with Crippen molar-refractivity contribution >= 4 is 22.7 Å². The van der Waals surface area contributed by atoms with Crippen LogP contribution in [-0.2, 0) is 0 Å². The molecule has 0 radical (unpaired) electrons. The molecule has 22 heavy (non-hydrogen) atoms. The van der Waals surface area contributed by atoms with Crippen LogP contribution in [-0.4, -0.2) is 28.2 Å². The van der Waals surface area contributed by atoms with E-state index in [9.17, 15) is 5.21 Å². The Labute approximate surface area is 126 Å². The van der Waals surface area contributed by atoms with Crippen molar-refractivity contribution in [3.8, 4) is 5.75 Å². The first-order valence-corrected chi connectivity index (χ1v) is 6.68. The van der Waals surface area contributed by atoms with E-state index in [0.29, 0.717) is 40.5 Å². The number of nitrogens with two attached hydrogens (primary N) is 1. The van der Waals surface area contributed by atoms with Crippen molar-refractivity contribution in [2.75, 3.05) is 18.5 Å². The summed E-state index contributed by atoms with van der Waals surface area (Å²) in [6.07, 6.45) is 3.27. The Hall–Kier alpha value is -3.00. The van der Waals surface area contributed by atoms with Crippen LogP contribution < -0.4 is 20.6 Å².